The fourth-order valence-electron chi connectivity index (χ4n) is 2.16. The van der Waals surface area contributed by atoms with Crippen molar-refractivity contribution in [1.29, 1.82) is 0 Å². The molecular formula is C15H20N2O4. The fourth-order valence-corrected chi connectivity index (χ4v) is 2.16. The van der Waals surface area contributed by atoms with Crippen LogP contribution >= 0.6 is 0 Å². The van der Waals surface area contributed by atoms with Gasteiger partial charge in [-0.2, -0.15) is 0 Å². The third kappa shape index (κ3) is 3.72. The van der Waals surface area contributed by atoms with Crippen LogP contribution in [0.2, 0.25) is 0 Å². The monoisotopic (exact) mass is 292 g/mol. The summed E-state index contributed by atoms with van der Waals surface area (Å²) in [7, 11) is 0. The minimum absolute atomic E-state index is 0.163. The number of H-pyrrole nitrogens is 1. The number of hydrogen-bond acceptors (Lipinski definition) is 3. The summed E-state index contributed by atoms with van der Waals surface area (Å²) >= 11 is 0. The fraction of sp³-hybridized carbons (Fsp3) is 0.467. The Labute approximate surface area is 122 Å². The average Bonchev–Trinajstić information content (AvgIpc) is 2.73. The second-order valence-corrected chi connectivity index (χ2v) is 5.44. The number of nitrogens with one attached hydrogen (secondary N) is 1. The number of aromatic nitrogens is 2. The average molecular weight is 292 g/mol. The number of ether oxygens (including phenoxy) is 1. The second kappa shape index (κ2) is 6.58. The molecule has 1 aromatic heterocycles. The quantitative estimate of drug-likeness (QED) is 0.765. The van der Waals surface area contributed by atoms with Gasteiger partial charge in [0, 0.05) is 19.8 Å². The molecule has 0 atom stereocenters. The molecule has 0 bridgehead atoms. The number of benzene rings is 1. The molecule has 1 heterocycles. The summed E-state index contributed by atoms with van der Waals surface area (Å²) in [6.45, 7) is 6.03. The Hall–Kier alpha value is -2.08. The summed E-state index contributed by atoms with van der Waals surface area (Å²) in [5.41, 5.74) is 1.20. The molecule has 21 heavy (non-hydrogen) atoms. The van der Waals surface area contributed by atoms with Crippen LogP contribution in [0.5, 0.6) is 0 Å². The molecule has 2 N–H and O–H groups in total. The highest BCUT2D eigenvalue weighted by Gasteiger charge is 2.09. The highest BCUT2D eigenvalue weighted by molar-refractivity contribution is 5.92. The molecule has 2 rings (SSSR count). The van der Waals surface area contributed by atoms with Crippen LogP contribution in [0, 0.1) is 5.92 Å². The number of nitrogens with zero attached hydrogens (tertiary/aromatic N) is 1. The van der Waals surface area contributed by atoms with Crippen molar-refractivity contribution in [3.8, 4) is 0 Å². The summed E-state index contributed by atoms with van der Waals surface area (Å²) in [6, 6.07) is 4.64. The number of fused-ring (bicyclic) bond motifs is 1. The summed E-state index contributed by atoms with van der Waals surface area (Å²) < 4.78 is 7.10. The Morgan fingerprint density at radius 1 is 1.43 bits per heavy atom. The summed E-state index contributed by atoms with van der Waals surface area (Å²) in [5.74, 6) is -0.511. The van der Waals surface area contributed by atoms with Crippen LogP contribution in [-0.2, 0) is 11.3 Å². The minimum atomic E-state index is -1.01. The molecule has 0 unspecified atom stereocenters. The van der Waals surface area contributed by atoms with E-state index in [0.29, 0.717) is 36.7 Å². The number of aromatic carboxylic acids is 1. The molecule has 0 saturated carbocycles. The van der Waals surface area contributed by atoms with Gasteiger partial charge in [0.15, 0.2) is 0 Å². The number of carboxylic acid groups (broad SMARTS) is 1. The largest absolute Gasteiger partial charge is 0.478 e. The Bertz CT molecular complexity index is 685. The second-order valence-electron chi connectivity index (χ2n) is 5.44. The summed E-state index contributed by atoms with van der Waals surface area (Å²) in [5, 5.41) is 8.95. The molecule has 1 aromatic carbocycles. The molecule has 0 fully saturated rings. The van der Waals surface area contributed by atoms with Crippen molar-refractivity contribution < 1.29 is 14.6 Å². The zero-order chi connectivity index (χ0) is 15.4. The van der Waals surface area contributed by atoms with Gasteiger partial charge >= 0.3 is 11.7 Å². The number of aryl methyl sites for hydroxylation is 1. The van der Waals surface area contributed by atoms with E-state index in [-0.39, 0.29) is 11.3 Å². The van der Waals surface area contributed by atoms with Crippen molar-refractivity contribution in [2.24, 2.45) is 5.92 Å². The molecule has 0 saturated heterocycles. The number of imidazole rings is 1. The van der Waals surface area contributed by atoms with Crippen LogP contribution in [0.25, 0.3) is 11.0 Å². The van der Waals surface area contributed by atoms with Gasteiger partial charge in [-0.3, -0.25) is 4.57 Å². The van der Waals surface area contributed by atoms with Crippen LogP contribution in [0.15, 0.2) is 23.0 Å². The van der Waals surface area contributed by atoms with E-state index in [1.54, 1.807) is 10.6 Å². The van der Waals surface area contributed by atoms with Gasteiger partial charge in [-0.25, -0.2) is 9.59 Å². The predicted molar refractivity (Wildman–Crippen MR) is 79.8 cm³/mol. The lowest BCUT2D eigenvalue weighted by Gasteiger charge is -2.07. The van der Waals surface area contributed by atoms with Crippen molar-refractivity contribution in [2.45, 2.75) is 26.8 Å². The first-order chi connectivity index (χ1) is 9.99. The molecule has 0 radical (unpaired) electrons. The molecule has 6 heteroatoms. The normalized spacial score (nSPS) is 11.4. The molecule has 0 aliphatic carbocycles. The first kappa shape index (κ1) is 15.3. The van der Waals surface area contributed by atoms with E-state index in [0.717, 1.165) is 6.42 Å². The first-order valence-electron chi connectivity index (χ1n) is 7.02. The number of aromatic amines is 1. The highest BCUT2D eigenvalue weighted by atomic mass is 16.5. The van der Waals surface area contributed by atoms with E-state index in [4.69, 9.17) is 9.84 Å². The van der Waals surface area contributed by atoms with Gasteiger partial charge in [-0.15, -0.1) is 0 Å². The minimum Gasteiger partial charge on any atom is -0.478 e. The van der Waals surface area contributed by atoms with Gasteiger partial charge in [0.1, 0.15) is 0 Å². The van der Waals surface area contributed by atoms with Crippen LogP contribution in [-0.4, -0.2) is 33.8 Å². The zero-order valence-corrected chi connectivity index (χ0v) is 12.3. The van der Waals surface area contributed by atoms with E-state index in [2.05, 4.69) is 18.8 Å². The van der Waals surface area contributed by atoms with Crippen LogP contribution in [0.1, 0.15) is 30.6 Å². The number of carboxylic acids is 1. The van der Waals surface area contributed by atoms with Gasteiger partial charge < -0.3 is 14.8 Å². The van der Waals surface area contributed by atoms with E-state index in [1.165, 1.54) is 12.1 Å². The number of rotatable bonds is 7. The Balaban J connectivity index is 2.08. The maximum absolute atomic E-state index is 11.9. The SMILES string of the molecule is CC(C)COCCCn1c(=O)[nH]c2cc(C(=O)O)ccc21. The third-order valence-corrected chi connectivity index (χ3v) is 3.14. The lowest BCUT2D eigenvalue weighted by Crippen LogP contribution is -2.18. The summed E-state index contributed by atoms with van der Waals surface area (Å²) in [4.78, 5) is 25.5. The Morgan fingerprint density at radius 3 is 2.86 bits per heavy atom. The lowest BCUT2D eigenvalue weighted by molar-refractivity contribution is 0.0697. The number of hydrogen-bond donors (Lipinski definition) is 2. The molecule has 0 spiro atoms. The van der Waals surface area contributed by atoms with Gasteiger partial charge in [0.25, 0.3) is 0 Å². The van der Waals surface area contributed by atoms with E-state index in [1.807, 2.05) is 0 Å². The molecule has 6 nitrogen and oxygen atoms in total. The number of carbonyl (C=O) groups is 1. The molecule has 0 amide bonds. The molecule has 0 aliphatic rings. The maximum Gasteiger partial charge on any atom is 0.335 e. The molecular weight excluding hydrogens is 272 g/mol. The van der Waals surface area contributed by atoms with Gasteiger partial charge in [-0.1, -0.05) is 13.8 Å². The van der Waals surface area contributed by atoms with Crippen LogP contribution in [0.4, 0.5) is 0 Å². The standard InChI is InChI=1S/C15H20N2O4/c1-10(2)9-21-7-3-6-17-13-5-4-11(14(18)19)8-12(13)16-15(17)20/h4-5,8,10H,3,6-7,9H2,1-2H3,(H,16,20)(H,18,19). The first-order valence-corrected chi connectivity index (χ1v) is 7.02. The molecule has 0 aliphatic heterocycles. The van der Waals surface area contributed by atoms with Gasteiger partial charge in [0.05, 0.1) is 16.6 Å². The van der Waals surface area contributed by atoms with E-state index >= 15 is 0 Å². The van der Waals surface area contributed by atoms with Crippen molar-refractivity contribution in [2.75, 3.05) is 13.2 Å². The topological polar surface area (TPSA) is 84.3 Å². The van der Waals surface area contributed by atoms with Crippen LogP contribution in [0.3, 0.4) is 0 Å². The van der Waals surface area contributed by atoms with Crippen molar-refractivity contribution in [3.63, 3.8) is 0 Å². The van der Waals surface area contributed by atoms with Crippen molar-refractivity contribution >= 4 is 17.0 Å². The Morgan fingerprint density at radius 2 is 2.19 bits per heavy atom. The predicted octanol–water partition coefficient (Wildman–Crippen LogP) is 2.09. The Kier molecular flexibility index (Phi) is 4.80. The van der Waals surface area contributed by atoms with E-state index in [9.17, 15) is 9.59 Å². The van der Waals surface area contributed by atoms with Crippen molar-refractivity contribution in [3.05, 3.63) is 34.2 Å². The maximum atomic E-state index is 11.9. The third-order valence-electron chi connectivity index (χ3n) is 3.14. The molecule has 2 aromatic rings. The van der Waals surface area contributed by atoms with Crippen molar-refractivity contribution in [1.82, 2.24) is 9.55 Å². The van der Waals surface area contributed by atoms with Crippen LogP contribution < -0.4 is 5.69 Å². The smallest absolute Gasteiger partial charge is 0.335 e. The van der Waals surface area contributed by atoms with Gasteiger partial charge in [0.2, 0.25) is 0 Å². The van der Waals surface area contributed by atoms with E-state index < -0.39 is 5.97 Å². The molecule has 114 valence electrons. The lowest BCUT2D eigenvalue weighted by atomic mass is 10.2. The highest BCUT2D eigenvalue weighted by Crippen LogP contribution is 2.13. The van der Waals surface area contributed by atoms with Gasteiger partial charge in [-0.05, 0) is 30.5 Å². The summed E-state index contributed by atoms with van der Waals surface area (Å²) in [6.07, 6.45) is 0.736. The zero-order valence-electron chi connectivity index (χ0n) is 12.3.